The van der Waals surface area contributed by atoms with Crippen molar-refractivity contribution in [2.24, 2.45) is 0 Å². The number of nitrogens with two attached hydrogens (primary N) is 1. The molecule has 0 radical (unpaired) electrons. The van der Waals surface area contributed by atoms with Crippen LogP contribution in [-0.2, 0) is 16.6 Å². The van der Waals surface area contributed by atoms with E-state index in [1.165, 1.54) is 11.3 Å². The zero-order chi connectivity index (χ0) is 15.8. The van der Waals surface area contributed by atoms with E-state index in [4.69, 9.17) is 5.73 Å². The highest BCUT2D eigenvalue weighted by Gasteiger charge is 2.20. The highest BCUT2D eigenvalue weighted by molar-refractivity contribution is 9.10. The second-order valence-corrected chi connectivity index (χ2v) is 8.51. The second kappa shape index (κ2) is 6.04. The Morgan fingerprint density at radius 3 is 2.57 bits per heavy atom. The van der Waals surface area contributed by atoms with Crippen LogP contribution < -0.4 is 10.5 Å². The molecular formula is C13H14BrFN2O2S2. The van der Waals surface area contributed by atoms with E-state index in [0.717, 1.165) is 27.5 Å². The van der Waals surface area contributed by atoms with E-state index in [2.05, 4.69) is 20.7 Å². The highest BCUT2D eigenvalue weighted by atomic mass is 79.9. The third kappa shape index (κ3) is 3.63. The first-order valence-corrected chi connectivity index (χ1v) is 9.10. The maximum Gasteiger partial charge on any atom is 0.242 e. The van der Waals surface area contributed by atoms with Gasteiger partial charge in [0.25, 0.3) is 0 Å². The lowest BCUT2D eigenvalue weighted by molar-refractivity contribution is 0.580. The van der Waals surface area contributed by atoms with Crippen LogP contribution in [0.25, 0.3) is 0 Å². The highest BCUT2D eigenvalue weighted by Crippen LogP contribution is 2.27. The SMILES string of the molecule is Cc1cc(CNS(=O)(=O)c2cc(N)c(F)cc2Br)sc1C. The molecule has 1 aromatic carbocycles. The summed E-state index contributed by atoms with van der Waals surface area (Å²) in [5.41, 5.74) is 6.35. The number of nitrogens with one attached hydrogen (secondary N) is 1. The Hall–Kier alpha value is -0.960. The molecule has 0 amide bonds. The van der Waals surface area contributed by atoms with Gasteiger partial charge < -0.3 is 5.73 Å². The number of thiophene rings is 1. The summed E-state index contributed by atoms with van der Waals surface area (Å²) < 4.78 is 40.4. The van der Waals surface area contributed by atoms with Gasteiger partial charge >= 0.3 is 0 Å². The molecule has 4 nitrogen and oxygen atoms in total. The topological polar surface area (TPSA) is 72.2 Å². The molecule has 0 saturated carbocycles. The van der Waals surface area contributed by atoms with E-state index in [1.807, 2.05) is 19.9 Å². The largest absolute Gasteiger partial charge is 0.396 e. The summed E-state index contributed by atoms with van der Waals surface area (Å²) in [6.07, 6.45) is 0. The lowest BCUT2D eigenvalue weighted by Crippen LogP contribution is -2.23. The van der Waals surface area contributed by atoms with Gasteiger partial charge in [0.1, 0.15) is 5.82 Å². The van der Waals surface area contributed by atoms with Crippen molar-refractivity contribution in [1.82, 2.24) is 4.72 Å². The Morgan fingerprint density at radius 2 is 2.00 bits per heavy atom. The van der Waals surface area contributed by atoms with Crippen LogP contribution in [0.4, 0.5) is 10.1 Å². The van der Waals surface area contributed by atoms with Gasteiger partial charge in [0.15, 0.2) is 0 Å². The molecule has 2 aromatic rings. The Balaban J connectivity index is 2.24. The summed E-state index contributed by atoms with van der Waals surface area (Å²) in [5.74, 6) is -0.662. The van der Waals surface area contributed by atoms with Crippen molar-refractivity contribution >= 4 is 43.0 Å². The second-order valence-electron chi connectivity index (χ2n) is 4.58. The predicted molar refractivity (Wildman–Crippen MR) is 86.3 cm³/mol. The molecule has 0 unspecified atom stereocenters. The molecule has 0 bridgehead atoms. The minimum atomic E-state index is -3.77. The van der Waals surface area contributed by atoms with Gasteiger partial charge in [-0.15, -0.1) is 11.3 Å². The smallest absolute Gasteiger partial charge is 0.242 e. The van der Waals surface area contributed by atoms with Gasteiger partial charge in [0, 0.05) is 20.8 Å². The molecule has 0 aliphatic carbocycles. The Labute approximate surface area is 135 Å². The lowest BCUT2D eigenvalue weighted by atomic mass is 10.3. The Morgan fingerprint density at radius 1 is 1.33 bits per heavy atom. The summed E-state index contributed by atoms with van der Waals surface area (Å²) in [6, 6.07) is 4.09. The summed E-state index contributed by atoms with van der Waals surface area (Å²) in [7, 11) is -3.77. The van der Waals surface area contributed by atoms with E-state index in [-0.39, 0.29) is 21.6 Å². The fourth-order valence-electron chi connectivity index (χ4n) is 1.73. The van der Waals surface area contributed by atoms with E-state index in [9.17, 15) is 12.8 Å². The summed E-state index contributed by atoms with van der Waals surface area (Å²) in [6.45, 7) is 4.14. The molecular weight excluding hydrogens is 379 g/mol. The van der Waals surface area contributed by atoms with Crippen LogP contribution in [0.1, 0.15) is 15.3 Å². The third-order valence-corrected chi connectivity index (χ3v) is 6.51. The molecule has 0 aliphatic heterocycles. The summed E-state index contributed by atoms with van der Waals surface area (Å²) >= 11 is 4.58. The van der Waals surface area contributed by atoms with Gasteiger partial charge in [-0.3, -0.25) is 0 Å². The van der Waals surface area contributed by atoms with Crippen LogP contribution in [0.2, 0.25) is 0 Å². The fraction of sp³-hybridized carbons (Fsp3) is 0.231. The first kappa shape index (κ1) is 16.4. The van der Waals surface area contributed by atoms with Crippen LogP contribution in [0.3, 0.4) is 0 Å². The van der Waals surface area contributed by atoms with Gasteiger partial charge in [0.2, 0.25) is 10.0 Å². The van der Waals surface area contributed by atoms with E-state index < -0.39 is 15.8 Å². The van der Waals surface area contributed by atoms with Crippen molar-refractivity contribution in [1.29, 1.82) is 0 Å². The number of aryl methyl sites for hydroxylation is 2. The van der Waals surface area contributed by atoms with Gasteiger partial charge in [-0.1, -0.05) is 0 Å². The quantitative estimate of drug-likeness (QED) is 0.783. The van der Waals surface area contributed by atoms with Gasteiger partial charge in [-0.05, 0) is 53.5 Å². The molecule has 1 heterocycles. The van der Waals surface area contributed by atoms with E-state index >= 15 is 0 Å². The first-order chi connectivity index (χ1) is 9.70. The average molecular weight is 393 g/mol. The maximum absolute atomic E-state index is 13.3. The number of sulfonamides is 1. The van der Waals surface area contributed by atoms with Crippen molar-refractivity contribution in [3.63, 3.8) is 0 Å². The average Bonchev–Trinajstić information content (AvgIpc) is 2.71. The van der Waals surface area contributed by atoms with Crippen LogP contribution in [0.15, 0.2) is 27.6 Å². The first-order valence-electron chi connectivity index (χ1n) is 6.01. The number of benzene rings is 1. The van der Waals surface area contributed by atoms with Crippen LogP contribution in [0, 0.1) is 19.7 Å². The normalized spacial score (nSPS) is 11.8. The minimum absolute atomic E-state index is 0.0774. The van der Waals surface area contributed by atoms with Crippen LogP contribution in [0.5, 0.6) is 0 Å². The molecule has 0 saturated heterocycles. The maximum atomic E-state index is 13.3. The number of anilines is 1. The standard InChI is InChI=1S/C13H14BrFN2O2S2/c1-7-3-9(20-8(7)2)6-17-21(18,19)13-5-12(16)11(15)4-10(13)14/h3-5,17H,6,16H2,1-2H3. The number of nitrogen functional groups attached to an aromatic ring is 1. The van der Waals surface area contributed by atoms with Crippen molar-refractivity contribution in [3.8, 4) is 0 Å². The fourth-order valence-corrected chi connectivity index (χ4v) is 4.87. The number of halogens is 2. The molecule has 2 rings (SSSR count). The molecule has 0 fully saturated rings. The third-order valence-electron chi connectivity index (χ3n) is 2.99. The molecule has 0 atom stereocenters. The number of rotatable bonds is 4. The van der Waals surface area contributed by atoms with E-state index in [0.29, 0.717) is 0 Å². The predicted octanol–water partition coefficient (Wildman–Crippen LogP) is 3.33. The monoisotopic (exact) mass is 392 g/mol. The van der Waals surface area contributed by atoms with Gasteiger partial charge in [-0.2, -0.15) is 0 Å². The van der Waals surface area contributed by atoms with Crippen molar-refractivity contribution in [3.05, 3.63) is 43.8 Å². The van der Waals surface area contributed by atoms with Crippen LogP contribution in [-0.4, -0.2) is 8.42 Å². The Kier molecular flexibility index (Phi) is 4.72. The molecule has 0 aliphatic rings. The summed E-state index contributed by atoms with van der Waals surface area (Å²) in [4.78, 5) is 1.99. The molecule has 21 heavy (non-hydrogen) atoms. The van der Waals surface area contributed by atoms with E-state index in [1.54, 1.807) is 0 Å². The zero-order valence-electron chi connectivity index (χ0n) is 11.4. The molecule has 1 aromatic heterocycles. The van der Waals surface area contributed by atoms with Crippen LogP contribution >= 0.6 is 27.3 Å². The zero-order valence-corrected chi connectivity index (χ0v) is 14.6. The van der Waals surface area contributed by atoms with Crippen molar-refractivity contribution in [2.75, 3.05) is 5.73 Å². The summed E-state index contributed by atoms with van der Waals surface area (Å²) in [5, 5.41) is 0. The van der Waals surface area contributed by atoms with Gasteiger partial charge in [-0.25, -0.2) is 17.5 Å². The lowest BCUT2D eigenvalue weighted by Gasteiger charge is -2.09. The molecule has 8 heteroatoms. The molecule has 3 N–H and O–H groups in total. The van der Waals surface area contributed by atoms with Crippen molar-refractivity contribution in [2.45, 2.75) is 25.3 Å². The van der Waals surface area contributed by atoms with Gasteiger partial charge in [0.05, 0.1) is 10.6 Å². The molecule has 0 spiro atoms. The Bertz CT molecular complexity index is 768. The number of hydrogen-bond donors (Lipinski definition) is 2. The van der Waals surface area contributed by atoms with Crippen molar-refractivity contribution < 1.29 is 12.8 Å². The molecule has 114 valence electrons. The number of hydrogen-bond acceptors (Lipinski definition) is 4. The minimum Gasteiger partial charge on any atom is -0.396 e.